The molecule has 2 aromatic rings. The lowest BCUT2D eigenvalue weighted by molar-refractivity contribution is 0.0574. The second-order valence-electron chi connectivity index (χ2n) is 6.16. The van der Waals surface area contributed by atoms with Gasteiger partial charge in [0.2, 0.25) is 0 Å². The van der Waals surface area contributed by atoms with Gasteiger partial charge in [0.05, 0.1) is 18.2 Å². The molecule has 0 aromatic heterocycles. The van der Waals surface area contributed by atoms with Crippen LogP contribution in [0.1, 0.15) is 17.3 Å². The Hall–Kier alpha value is -1.34. The predicted octanol–water partition coefficient (Wildman–Crippen LogP) is 5.41. The van der Waals surface area contributed by atoms with Crippen LogP contribution in [0.2, 0.25) is 0 Å². The maximum atomic E-state index is 13.2. The van der Waals surface area contributed by atoms with Crippen molar-refractivity contribution in [1.29, 1.82) is 0 Å². The van der Waals surface area contributed by atoms with Crippen LogP contribution in [-0.4, -0.2) is 42.7 Å². The average Bonchev–Trinajstić information content (AvgIpc) is 2.72. The normalized spacial score (nSPS) is 16.6. The van der Waals surface area contributed by atoms with Crippen molar-refractivity contribution < 1.29 is 9.53 Å². The first kappa shape index (κ1) is 19.0. The minimum Gasteiger partial charge on any atom is -0.378 e. The summed E-state index contributed by atoms with van der Waals surface area (Å²) >= 11 is 5.18. The van der Waals surface area contributed by atoms with Crippen molar-refractivity contribution in [2.45, 2.75) is 26.5 Å². The third-order valence-corrected chi connectivity index (χ3v) is 7.97. The molecule has 2 aliphatic rings. The highest BCUT2D eigenvalue weighted by atomic mass is 32.2. The Morgan fingerprint density at radius 1 is 1.07 bits per heavy atom. The molecule has 27 heavy (non-hydrogen) atoms. The van der Waals surface area contributed by atoms with Crippen LogP contribution < -0.4 is 0 Å². The van der Waals surface area contributed by atoms with Gasteiger partial charge in [-0.2, -0.15) is 0 Å². The summed E-state index contributed by atoms with van der Waals surface area (Å²) < 4.78 is 5.46. The average molecular weight is 416 g/mol. The number of morpholine rings is 1. The van der Waals surface area contributed by atoms with Crippen LogP contribution in [0, 0.1) is 0 Å². The van der Waals surface area contributed by atoms with E-state index in [0.29, 0.717) is 0 Å². The van der Waals surface area contributed by atoms with Crippen molar-refractivity contribution in [3.63, 3.8) is 0 Å². The second kappa shape index (κ2) is 8.78. The van der Waals surface area contributed by atoms with Crippen molar-refractivity contribution in [2.24, 2.45) is 0 Å². The Kier molecular flexibility index (Phi) is 6.18. The van der Waals surface area contributed by atoms with Crippen LogP contribution in [0.3, 0.4) is 0 Å². The summed E-state index contributed by atoms with van der Waals surface area (Å²) in [5, 5.41) is 1.05. The highest BCUT2D eigenvalue weighted by Gasteiger charge is 2.23. The van der Waals surface area contributed by atoms with Gasteiger partial charge in [-0.3, -0.25) is 4.79 Å². The number of carbonyl (C=O) groups excluding carboxylic acids is 1. The maximum absolute atomic E-state index is 13.2. The molecule has 0 unspecified atom stereocenters. The number of rotatable bonds is 5. The molecule has 6 heteroatoms. The number of ketones is 1. The number of carbonyl (C=O) groups is 1. The van der Waals surface area contributed by atoms with Crippen molar-refractivity contribution in [2.75, 3.05) is 32.1 Å². The number of thioether (sulfide) groups is 1. The molecule has 0 spiro atoms. The van der Waals surface area contributed by atoms with Gasteiger partial charge in [-0.1, -0.05) is 48.6 Å². The van der Waals surface area contributed by atoms with Gasteiger partial charge in [0.15, 0.2) is 5.78 Å². The lowest BCUT2D eigenvalue weighted by Gasteiger charge is -2.30. The molecule has 0 atom stereocenters. The van der Waals surface area contributed by atoms with Crippen LogP contribution in [0.25, 0.3) is 0 Å². The van der Waals surface area contributed by atoms with Crippen LogP contribution in [-0.2, 0) is 4.74 Å². The van der Waals surface area contributed by atoms with Gasteiger partial charge >= 0.3 is 0 Å². The second-order valence-corrected chi connectivity index (χ2v) is 9.58. The molecule has 3 nitrogen and oxygen atoms in total. The molecule has 0 bridgehead atoms. The Morgan fingerprint density at radius 2 is 1.78 bits per heavy atom. The number of ether oxygens (including phenoxy) is 1. The zero-order valence-corrected chi connectivity index (χ0v) is 17.6. The first-order valence-corrected chi connectivity index (χ1v) is 11.7. The molecule has 0 N–H and O–H groups in total. The SMILES string of the molecule is CCS/C(=C\C(=O)c1cccc2c1Sc1ccccc1S2)N1CCOCC1. The molecule has 2 aliphatic heterocycles. The molecule has 1 fully saturated rings. The number of hydrogen-bond donors (Lipinski definition) is 0. The largest absolute Gasteiger partial charge is 0.378 e. The molecule has 0 aliphatic carbocycles. The van der Waals surface area contributed by atoms with Gasteiger partial charge < -0.3 is 9.64 Å². The zero-order chi connectivity index (χ0) is 18.6. The van der Waals surface area contributed by atoms with Gasteiger partial charge in [-0.05, 0) is 30.0 Å². The highest BCUT2D eigenvalue weighted by Crippen LogP contribution is 2.49. The molecule has 0 amide bonds. The number of nitrogens with zero attached hydrogens (tertiary/aromatic N) is 1. The van der Waals surface area contributed by atoms with E-state index in [2.05, 4.69) is 42.2 Å². The molecule has 140 valence electrons. The highest BCUT2D eigenvalue weighted by molar-refractivity contribution is 8.05. The van der Waals surface area contributed by atoms with Gasteiger partial charge in [0.1, 0.15) is 0 Å². The summed E-state index contributed by atoms with van der Waals surface area (Å²) in [7, 11) is 0. The molecule has 0 radical (unpaired) electrons. The van der Waals surface area contributed by atoms with Crippen LogP contribution in [0.15, 0.2) is 73.2 Å². The minimum atomic E-state index is 0.0850. The first-order chi connectivity index (χ1) is 13.3. The van der Waals surface area contributed by atoms with Crippen LogP contribution in [0.4, 0.5) is 0 Å². The summed E-state index contributed by atoms with van der Waals surface area (Å²) in [6.07, 6.45) is 1.82. The fourth-order valence-electron chi connectivity index (χ4n) is 3.09. The van der Waals surface area contributed by atoms with Gasteiger partial charge in [-0.25, -0.2) is 0 Å². The van der Waals surface area contributed by atoms with E-state index >= 15 is 0 Å². The maximum Gasteiger partial charge on any atom is 0.189 e. The number of fused-ring (bicyclic) bond motifs is 2. The van der Waals surface area contributed by atoms with Gasteiger partial charge in [0, 0.05) is 44.3 Å². The molecule has 0 saturated carbocycles. The Morgan fingerprint density at radius 3 is 2.52 bits per heavy atom. The van der Waals surface area contributed by atoms with E-state index < -0.39 is 0 Å². The van der Waals surface area contributed by atoms with Crippen molar-refractivity contribution >= 4 is 41.1 Å². The monoisotopic (exact) mass is 415 g/mol. The Balaban J connectivity index is 1.64. The third-order valence-electron chi connectivity index (χ3n) is 4.40. The van der Waals surface area contributed by atoms with Crippen molar-refractivity contribution in [3.8, 4) is 0 Å². The number of allylic oxidation sites excluding steroid dienone is 1. The molecule has 4 rings (SSSR count). The van der Waals surface area contributed by atoms with E-state index in [0.717, 1.165) is 52.4 Å². The van der Waals surface area contributed by atoms with E-state index in [9.17, 15) is 4.79 Å². The topological polar surface area (TPSA) is 29.5 Å². The molecule has 2 heterocycles. The van der Waals surface area contributed by atoms with E-state index in [1.54, 1.807) is 35.3 Å². The Labute approximate surface area is 172 Å². The summed E-state index contributed by atoms with van der Waals surface area (Å²) in [5.74, 6) is 1.03. The first-order valence-electron chi connectivity index (χ1n) is 9.05. The van der Waals surface area contributed by atoms with E-state index in [4.69, 9.17) is 4.74 Å². The fraction of sp³-hybridized carbons (Fsp3) is 0.286. The molecular formula is C21H21NO2S3. The lowest BCUT2D eigenvalue weighted by Crippen LogP contribution is -2.35. The van der Waals surface area contributed by atoms with E-state index in [-0.39, 0.29) is 5.78 Å². The van der Waals surface area contributed by atoms with Gasteiger partial charge in [-0.15, -0.1) is 11.8 Å². The smallest absolute Gasteiger partial charge is 0.189 e. The summed E-state index contributed by atoms with van der Waals surface area (Å²) in [6, 6.07) is 14.4. The summed E-state index contributed by atoms with van der Waals surface area (Å²) in [5.41, 5.74) is 0.793. The molecular weight excluding hydrogens is 394 g/mol. The predicted molar refractivity (Wildman–Crippen MR) is 114 cm³/mol. The molecule has 2 aromatic carbocycles. The standard InChI is InChI=1S/C21H21NO2S3/c1-2-25-20(22-10-12-24-13-11-22)14-16(23)15-6-5-9-19-21(15)27-18-8-4-3-7-17(18)26-19/h3-9,14H,2,10-13H2,1H3/b20-14-. The number of benzene rings is 2. The van der Waals surface area contributed by atoms with Gasteiger partial charge in [0.25, 0.3) is 0 Å². The third kappa shape index (κ3) is 4.24. The fourth-order valence-corrected chi connectivity index (χ4v) is 6.32. The Bertz CT molecular complexity index is 875. The number of hydrogen-bond acceptors (Lipinski definition) is 6. The summed E-state index contributed by atoms with van der Waals surface area (Å²) in [6.45, 7) is 5.25. The molecule has 1 saturated heterocycles. The van der Waals surface area contributed by atoms with Crippen LogP contribution >= 0.6 is 35.3 Å². The quantitative estimate of drug-likeness (QED) is 0.409. The van der Waals surface area contributed by atoms with E-state index in [1.807, 2.05) is 18.2 Å². The van der Waals surface area contributed by atoms with Crippen LogP contribution in [0.5, 0.6) is 0 Å². The summed E-state index contributed by atoms with van der Waals surface area (Å²) in [4.78, 5) is 20.2. The van der Waals surface area contributed by atoms with Crippen molar-refractivity contribution in [3.05, 3.63) is 59.1 Å². The van der Waals surface area contributed by atoms with E-state index in [1.165, 1.54) is 9.79 Å². The zero-order valence-electron chi connectivity index (χ0n) is 15.1. The van der Waals surface area contributed by atoms with Crippen molar-refractivity contribution in [1.82, 2.24) is 4.90 Å². The lowest BCUT2D eigenvalue weighted by atomic mass is 10.1. The minimum absolute atomic E-state index is 0.0850.